The summed E-state index contributed by atoms with van der Waals surface area (Å²) in [6.07, 6.45) is 5.07. The van der Waals surface area contributed by atoms with Crippen molar-refractivity contribution < 1.29 is 19.1 Å². The van der Waals surface area contributed by atoms with E-state index in [1.54, 1.807) is 0 Å². The molecule has 2 N–H and O–H groups in total. The van der Waals surface area contributed by atoms with Crippen LogP contribution in [0.3, 0.4) is 0 Å². The van der Waals surface area contributed by atoms with E-state index in [4.69, 9.17) is 4.74 Å². The number of carbonyl (C=O) groups is 3. The Labute approximate surface area is 154 Å². The fourth-order valence-electron chi connectivity index (χ4n) is 2.45. The molecule has 0 aliphatic carbocycles. The number of nitrogens with one attached hydrogen (secondary N) is 2. The van der Waals surface area contributed by atoms with Crippen molar-refractivity contribution in [1.82, 2.24) is 20.6 Å². The lowest BCUT2D eigenvalue weighted by Crippen LogP contribution is -2.52. The molecule has 1 heterocycles. The lowest BCUT2D eigenvalue weighted by molar-refractivity contribution is -0.145. The number of hydrogen-bond acceptors (Lipinski definition) is 6. The van der Waals surface area contributed by atoms with E-state index in [1.807, 2.05) is 27.7 Å². The van der Waals surface area contributed by atoms with E-state index in [0.29, 0.717) is 12.8 Å². The smallest absolute Gasteiger partial charge is 0.328 e. The largest absolute Gasteiger partial charge is 0.467 e. The van der Waals surface area contributed by atoms with Crippen LogP contribution in [0.15, 0.2) is 18.6 Å². The molecule has 0 aromatic carbocycles. The number of methoxy groups -OCH3 is 1. The maximum atomic E-state index is 12.7. The molecule has 1 aromatic rings. The highest BCUT2D eigenvalue weighted by atomic mass is 16.5. The highest BCUT2D eigenvalue weighted by Gasteiger charge is 2.28. The molecule has 2 amide bonds. The van der Waals surface area contributed by atoms with Crippen LogP contribution in [-0.2, 0) is 14.3 Å². The zero-order valence-corrected chi connectivity index (χ0v) is 16.0. The van der Waals surface area contributed by atoms with Crippen molar-refractivity contribution in [3.63, 3.8) is 0 Å². The SMILES string of the molecule is COC(=O)[C@H](CC(C)C)NC(=O)[C@H](CC(C)C)NC(=O)c1cnccn1. The summed E-state index contributed by atoms with van der Waals surface area (Å²) in [6.45, 7) is 7.79. The zero-order chi connectivity index (χ0) is 19.7. The average molecular weight is 364 g/mol. The highest BCUT2D eigenvalue weighted by Crippen LogP contribution is 2.10. The van der Waals surface area contributed by atoms with Crippen LogP contribution in [0.5, 0.6) is 0 Å². The van der Waals surface area contributed by atoms with Crippen LogP contribution in [0, 0.1) is 11.8 Å². The van der Waals surface area contributed by atoms with Gasteiger partial charge in [0.25, 0.3) is 5.91 Å². The molecular formula is C18H28N4O4. The van der Waals surface area contributed by atoms with Crippen molar-refractivity contribution >= 4 is 17.8 Å². The molecule has 1 rings (SSSR count). The Hall–Kier alpha value is -2.51. The topological polar surface area (TPSA) is 110 Å². The monoisotopic (exact) mass is 364 g/mol. The Morgan fingerprint density at radius 1 is 1.00 bits per heavy atom. The van der Waals surface area contributed by atoms with Crippen molar-refractivity contribution in [2.45, 2.75) is 52.6 Å². The molecule has 0 unspecified atom stereocenters. The molecule has 0 bridgehead atoms. The van der Waals surface area contributed by atoms with Crippen LogP contribution >= 0.6 is 0 Å². The van der Waals surface area contributed by atoms with Gasteiger partial charge in [-0.25, -0.2) is 9.78 Å². The molecule has 0 fully saturated rings. The van der Waals surface area contributed by atoms with Gasteiger partial charge in [0.15, 0.2) is 0 Å². The van der Waals surface area contributed by atoms with Crippen molar-refractivity contribution in [1.29, 1.82) is 0 Å². The summed E-state index contributed by atoms with van der Waals surface area (Å²) in [6, 6.07) is -1.54. The number of rotatable bonds is 9. The summed E-state index contributed by atoms with van der Waals surface area (Å²) in [5, 5.41) is 5.37. The van der Waals surface area contributed by atoms with Crippen LogP contribution < -0.4 is 10.6 Å². The van der Waals surface area contributed by atoms with Crippen LogP contribution in [0.4, 0.5) is 0 Å². The van der Waals surface area contributed by atoms with Gasteiger partial charge in [-0.2, -0.15) is 0 Å². The maximum absolute atomic E-state index is 12.7. The van der Waals surface area contributed by atoms with Crippen LogP contribution in [0.25, 0.3) is 0 Å². The predicted molar refractivity (Wildman–Crippen MR) is 96.1 cm³/mol. The summed E-state index contributed by atoms with van der Waals surface area (Å²) in [4.78, 5) is 44.7. The Morgan fingerprint density at radius 3 is 2.12 bits per heavy atom. The molecule has 0 saturated heterocycles. The zero-order valence-electron chi connectivity index (χ0n) is 16.0. The first-order chi connectivity index (χ1) is 12.2. The second kappa shape index (κ2) is 10.5. The van der Waals surface area contributed by atoms with Crippen molar-refractivity contribution in [2.75, 3.05) is 7.11 Å². The molecule has 0 radical (unpaired) electrons. The first-order valence-corrected chi connectivity index (χ1v) is 8.69. The number of aromatic nitrogens is 2. The third kappa shape index (κ3) is 7.16. The second-order valence-electron chi connectivity index (χ2n) is 6.96. The molecule has 0 saturated carbocycles. The van der Waals surface area contributed by atoms with Gasteiger partial charge in [0.05, 0.1) is 13.3 Å². The Morgan fingerprint density at radius 2 is 1.62 bits per heavy atom. The van der Waals surface area contributed by atoms with Gasteiger partial charge < -0.3 is 15.4 Å². The summed E-state index contributed by atoms with van der Waals surface area (Å²) in [5.74, 6) is -1.06. The molecule has 0 spiro atoms. The normalized spacial score (nSPS) is 13.2. The van der Waals surface area contributed by atoms with Gasteiger partial charge in [-0.05, 0) is 24.7 Å². The molecule has 0 aliphatic heterocycles. The van der Waals surface area contributed by atoms with Gasteiger partial charge in [0.1, 0.15) is 17.8 Å². The molecule has 2 atom stereocenters. The molecule has 8 nitrogen and oxygen atoms in total. The minimum Gasteiger partial charge on any atom is -0.467 e. The number of carbonyl (C=O) groups excluding carboxylic acids is 3. The van der Waals surface area contributed by atoms with Gasteiger partial charge >= 0.3 is 5.97 Å². The number of hydrogen-bond donors (Lipinski definition) is 2. The Kier molecular flexibility index (Phi) is 8.67. The summed E-state index contributed by atoms with van der Waals surface area (Å²) >= 11 is 0. The van der Waals surface area contributed by atoms with Crippen molar-refractivity contribution in [3.05, 3.63) is 24.3 Å². The van der Waals surface area contributed by atoms with Gasteiger partial charge in [0.2, 0.25) is 5.91 Å². The third-order valence-electron chi connectivity index (χ3n) is 3.63. The summed E-state index contributed by atoms with van der Waals surface area (Å²) < 4.78 is 4.77. The quantitative estimate of drug-likeness (QED) is 0.640. The van der Waals surface area contributed by atoms with Gasteiger partial charge in [0, 0.05) is 12.4 Å². The summed E-state index contributed by atoms with van der Waals surface area (Å²) in [5.41, 5.74) is 0.126. The predicted octanol–water partition coefficient (Wildman–Crippen LogP) is 1.33. The van der Waals surface area contributed by atoms with Crippen molar-refractivity contribution in [3.8, 4) is 0 Å². The first kappa shape index (κ1) is 21.5. The van der Waals surface area contributed by atoms with Gasteiger partial charge in [-0.15, -0.1) is 0 Å². The Balaban J connectivity index is 2.87. The third-order valence-corrected chi connectivity index (χ3v) is 3.63. The van der Waals surface area contributed by atoms with Crippen molar-refractivity contribution in [2.24, 2.45) is 11.8 Å². The van der Waals surface area contributed by atoms with E-state index in [1.165, 1.54) is 25.7 Å². The lowest BCUT2D eigenvalue weighted by atomic mass is 10.0. The van der Waals surface area contributed by atoms with E-state index in [2.05, 4.69) is 20.6 Å². The van der Waals surface area contributed by atoms with E-state index < -0.39 is 29.9 Å². The van der Waals surface area contributed by atoms with E-state index >= 15 is 0 Å². The minimum atomic E-state index is -0.788. The first-order valence-electron chi connectivity index (χ1n) is 8.69. The minimum absolute atomic E-state index is 0.126. The number of esters is 1. The molecule has 144 valence electrons. The van der Waals surface area contributed by atoms with Crippen LogP contribution in [0.1, 0.15) is 51.0 Å². The van der Waals surface area contributed by atoms with Crippen LogP contribution in [0.2, 0.25) is 0 Å². The molecule has 26 heavy (non-hydrogen) atoms. The van der Waals surface area contributed by atoms with Gasteiger partial charge in [-0.1, -0.05) is 27.7 Å². The Bertz CT molecular complexity index is 604. The highest BCUT2D eigenvalue weighted by molar-refractivity contribution is 5.96. The molecule has 0 aliphatic rings. The van der Waals surface area contributed by atoms with E-state index in [0.717, 1.165) is 0 Å². The average Bonchev–Trinajstić information content (AvgIpc) is 2.59. The number of nitrogens with zero attached hydrogens (tertiary/aromatic N) is 2. The lowest BCUT2D eigenvalue weighted by Gasteiger charge is -2.24. The van der Waals surface area contributed by atoms with E-state index in [-0.39, 0.29) is 17.5 Å². The number of amides is 2. The molecule has 1 aromatic heterocycles. The van der Waals surface area contributed by atoms with Gasteiger partial charge in [-0.3, -0.25) is 14.6 Å². The van der Waals surface area contributed by atoms with Crippen LogP contribution in [-0.4, -0.2) is 46.9 Å². The standard InChI is InChI=1S/C18H28N4O4/c1-11(2)8-13(21-17(24)15-10-19-6-7-20-15)16(23)22-14(9-12(3)4)18(25)26-5/h6-7,10-14H,8-9H2,1-5H3,(H,21,24)(H,22,23)/t13-,14-/m0/s1. The fraction of sp³-hybridized carbons (Fsp3) is 0.611. The summed E-state index contributed by atoms with van der Waals surface area (Å²) in [7, 11) is 1.28. The number of ether oxygens (including phenoxy) is 1. The van der Waals surface area contributed by atoms with E-state index in [9.17, 15) is 14.4 Å². The fourth-order valence-corrected chi connectivity index (χ4v) is 2.45. The second-order valence-corrected chi connectivity index (χ2v) is 6.96. The molecular weight excluding hydrogens is 336 g/mol. The molecule has 8 heteroatoms. The maximum Gasteiger partial charge on any atom is 0.328 e.